The second-order valence-electron chi connectivity index (χ2n) is 5.79. The number of carbonyl (C=O) groups excluding carboxylic acids is 1. The van der Waals surface area contributed by atoms with Crippen LogP contribution < -0.4 is 0 Å². The molecule has 0 atom stereocenters. The van der Waals surface area contributed by atoms with Crippen molar-refractivity contribution in [3.8, 4) is 11.1 Å². The molecule has 0 aliphatic carbocycles. The zero-order chi connectivity index (χ0) is 20.6. The molecule has 0 radical (unpaired) electrons. The average Bonchev–Trinajstić information content (AvgIpc) is 2.58. The van der Waals surface area contributed by atoms with Crippen LogP contribution in [0, 0.1) is 0 Å². The minimum atomic E-state index is -5.99. The minimum Gasteiger partial charge on any atom is -0.369 e. The van der Waals surface area contributed by atoms with Crippen LogP contribution in [0.1, 0.15) is 28.4 Å². The van der Waals surface area contributed by atoms with Gasteiger partial charge in [-0.3, -0.25) is 4.79 Å². The Morgan fingerprint density at radius 1 is 0.963 bits per heavy atom. The molecule has 1 N–H and O–H groups in total. The van der Waals surface area contributed by atoms with Crippen LogP contribution in [-0.2, 0) is 12.0 Å². The summed E-state index contributed by atoms with van der Waals surface area (Å²) in [4.78, 5) is 10.9. The molecule has 9 heteroatoms. The summed E-state index contributed by atoms with van der Waals surface area (Å²) in [7, 11) is 0. The summed E-state index contributed by atoms with van der Waals surface area (Å²) in [5, 5.41) is 9.07. The lowest BCUT2D eigenvalue weighted by Gasteiger charge is -2.33. The molecule has 0 aromatic heterocycles. The summed E-state index contributed by atoms with van der Waals surface area (Å²) in [6.45, 7) is 1.77. The molecular formula is C18H13ClF6O2. The summed E-state index contributed by atoms with van der Waals surface area (Å²) in [5.74, 6) is 0. The summed E-state index contributed by atoms with van der Waals surface area (Å²) in [6, 6.07) is 6.47. The lowest BCUT2D eigenvalue weighted by molar-refractivity contribution is -0.376. The fourth-order valence-electron chi connectivity index (χ4n) is 2.69. The molecule has 2 nitrogen and oxygen atoms in total. The van der Waals surface area contributed by atoms with Crippen molar-refractivity contribution in [1.82, 2.24) is 0 Å². The van der Waals surface area contributed by atoms with Crippen LogP contribution in [0.25, 0.3) is 11.1 Å². The van der Waals surface area contributed by atoms with Gasteiger partial charge in [0.05, 0.1) is 0 Å². The van der Waals surface area contributed by atoms with Gasteiger partial charge in [0.1, 0.15) is 6.29 Å². The van der Waals surface area contributed by atoms with Crippen molar-refractivity contribution in [2.24, 2.45) is 0 Å². The first-order valence-electron chi connectivity index (χ1n) is 7.61. The third-order valence-corrected chi connectivity index (χ3v) is 4.46. The largest absolute Gasteiger partial charge is 0.430 e. The number of rotatable bonds is 4. The van der Waals surface area contributed by atoms with Crippen LogP contribution in [0.5, 0.6) is 0 Å². The average molecular weight is 411 g/mol. The Balaban J connectivity index is 2.64. The van der Waals surface area contributed by atoms with E-state index in [1.807, 2.05) is 0 Å². The van der Waals surface area contributed by atoms with Gasteiger partial charge in [0.2, 0.25) is 0 Å². The normalized spacial score (nSPS) is 12.9. The van der Waals surface area contributed by atoms with Gasteiger partial charge in [0.25, 0.3) is 5.60 Å². The Labute approximate surface area is 155 Å². The molecule has 0 heterocycles. The van der Waals surface area contributed by atoms with Crippen LogP contribution >= 0.6 is 11.6 Å². The smallest absolute Gasteiger partial charge is 0.369 e. The van der Waals surface area contributed by atoms with E-state index >= 15 is 0 Å². The van der Waals surface area contributed by atoms with Gasteiger partial charge >= 0.3 is 12.4 Å². The first-order valence-corrected chi connectivity index (χ1v) is 7.99. The first kappa shape index (κ1) is 21.2. The zero-order valence-corrected chi connectivity index (χ0v) is 14.5. The van der Waals surface area contributed by atoms with E-state index in [1.165, 1.54) is 12.1 Å². The van der Waals surface area contributed by atoms with Gasteiger partial charge < -0.3 is 5.11 Å². The van der Waals surface area contributed by atoms with Crippen molar-refractivity contribution in [2.75, 3.05) is 0 Å². The number of aliphatic hydroxyl groups is 1. The number of hydrogen-bond donors (Lipinski definition) is 1. The maximum Gasteiger partial charge on any atom is 0.430 e. The SMILES string of the molecule is CCc1cc(C=O)ccc1-c1ccc(C(O)(C(F)(F)F)C(F)(F)F)cc1Cl. The van der Waals surface area contributed by atoms with E-state index in [0.29, 0.717) is 41.5 Å². The third kappa shape index (κ3) is 3.68. The van der Waals surface area contributed by atoms with Crippen molar-refractivity contribution in [1.29, 1.82) is 0 Å². The molecule has 146 valence electrons. The predicted molar refractivity (Wildman–Crippen MR) is 87.7 cm³/mol. The van der Waals surface area contributed by atoms with Gasteiger partial charge in [-0.05, 0) is 29.7 Å². The van der Waals surface area contributed by atoms with E-state index in [0.717, 1.165) is 6.07 Å². The molecule has 0 saturated heterocycles. The van der Waals surface area contributed by atoms with E-state index < -0.39 is 28.5 Å². The number of benzene rings is 2. The predicted octanol–water partition coefficient (Wildman–Crippen LogP) is 5.69. The summed E-state index contributed by atoms with van der Waals surface area (Å²) in [6.07, 6.45) is -10.9. The maximum atomic E-state index is 13.0. The van der Waals surface area contributed by atoms with Crippen LogP contribution in [0.15, 0.2) is 36.4 Å². The number of aldehydes is 1. The Kier molecular flexibility index (Phi) is 5.64. The molecule has 2 rings (SSSR count). The number of halogens is 7. The highest BCUT2D eigenvalue weighted by Crippen LogP contribution is 2.51. The molecule has 0 aliphatic rings. The fourth-order valence-corrected chi connectivity index (χ4v) is 2.97. The van der Waals surface area contributed by atoms with Gasteiger partial charge in [-0.15, -0.1) is 0 Å². The molecule has 0 bridgehead atoms. The van der Waals surface area contributed by atoms with Crippen molar-refractivity contribution in [3.63, 3.8) is 0 Å². The van der Waals surface area contributed by atoms with E-state index in [1.54, 1.807) is 13.0 Å². The summed E-state index contributed by atoms with van der Waals surface area (Å²) in [5.41, 5.74) is -4.83. The number of alkyl halides is 6. The highest BCUT2D eigenvalue weighted by atomic mass is 35.5. The number of hydrogen-bond acceptors (Lipinski definition) is 2. The number of carbonyl (C=O) groups is 1. The van der Waals surface area contributed by atoms with E-state index in [-0.39, 0.29) is 5.56 Å². The molecule has 0 amide bonds. The Hall–Kier alpha value is -2.06. The van der Waals surface area contributed by atoms with Gasteiger partial charge in [-0.2, -0.15) is 26.3 Å². The quantitative estimate of drug-likeness (QED) is 0.519. The molecular weight excluding hydrogens is 398 g/mol. The maximum absolute atomic E-state index is 13.0. The third-order valence-electron chi connectivity index (χ3n) is 4.14. The van der Waals surface area contributed by atoms with Crippen molar-refractivity contribution >= 4 is 17.9 Å². The van der Waals surface area contributed by atoms with Crippen LogP contribution in [0.3, 0.4) is 0 Å². The van der Waals surface area contributed by atoms with Crippen LogP contribution in [-0.4, -0.2) is 23.7 Å². The van der Waals surface area contributed by atoms with Crippen molar-refractivity contribution in [2.45, 2.75) is 31.3 Å². The molecule has 0 aliphatic heterocycles. The molecule has 0 saturated carbocycles. The second kappa shape index (κ2) is 7.16. The standard InChI is InChI=1S/C18H13ClF6O2/c1-2-11-7-10(9-26)3-5-13(11)14-6-4-12(8-15(14)19)16(27,17(20,21)22)18(23,24)25/h3-9,27H,2H2,1H3. The molecule has 27 heavy (non-hydrogen) atoms. The first-order chi connectivity index (χ1) is 12.4. The van der Waals surface area contributed by atoms with Gasteiger partial charge in [0, 0.05) is 21.7 Å². The highest BCUT2D eigenvalue weighted by Gasteiger charge is 2.71. The van der Waals surface area contributed by atoms with Crippen LogP contribution in [0.4, 0.5) is 26.3 Å². The van der Waals surface area contributed by atoms with Crippen molar-refractivity contribution in [3.05, 3.63) is 58.1 Å². The molecule has 0 unspecified atom stereocenters. The fraction of sp³-hybridized carbons (Fsp3) is 0.278. The van der Waals surface area contributed by atoms with Gasteiger partial charge in [0.15, 0.2) is 0 Å². The summed E-state index contributed by atoms with van der Waals surface area (Å²) < 4.78 is 78.0. The topological polar surface area (TPSA) is 37.3 Å². The Morgan fingerprint density at radius 3 is 1.96 bits per heavy atom. The second-order valence-corrected chi connectivity index (χ2v) is 6.20. The van der Waals surface area contributed by atoms with E-state index in [2.05, 4.69) is 0 Å². The Morgan fingerprint density at radius 2 is 1.52 bits per heavy atom. The lowest BCUT2D eigenvalue weighted by Crippen LogP contribution is -2.53. The van der Waals surface area contributed by atoms with Gasteiger partial charge in [-0.25, -0.2) is 0 Å². The van der Waals surface area contributed by atoms with Crippen molar-refractivity contribution < 1.29 is 36.2 Å². The molecule has 2 aromatic rings. The van der Waals surface area contributed by atoms with Crippen LogP contribution in [0.2, 0.25) is 5.02 Å². The van der Waals surface area contributed by atoms with E-state index in [9.17, 15) is 36.2 Å². The van der Waals surface area contributed by atoms with Gasteiger partial charge in [-0.1, -0.05) is 42.8 Å². The Bertz CT molecular complexity index is 844. The molecule has 2 aromatic carbocycles. The zero-order valence-electron chi connectivity index (χ0n) is 13.7. The summed E-state index contributed by atoms with van der Waals surface area (Å²) >= 11 is 5.96. The van der Waals surface area contributed by atoms with E-state index in [4.69, 9.17) is 11.6 Å². The minimum absolute atomic E-state index is 0.182. The highest BCUT2D eigenvalue weighted by molar-refractivity contribution is 6.33. The monoisotopic (exact) mass is 410 g/mol. The lowest BCUT2D eigenvalue weighted by atomic mass is 9.89. The molecule has 0 spiro atoms. The number of aryl methyl sites for hydroxylation is 1. The molecule has 0 fully saturated rings.